The molecule has 1 aromatic rings. The van der Waals surface area contributed by atoms with Gasteiger partial charge in [0.25, 0.3) is 0 Å². The summed E-state index contributed by atoms with van der Waals surface area (Å²) >= 11 is 0. The van der Waals surface area contributed by atoms with Crippen molar-refractivity contribution in [2.45, 2.75) is 39.0 Å². The van der Waals surface area contributed by atoms with Crippen LogP contribution in [0.2, 0.25) is 0 Å². The zero-order chi connectivity index (χ0) is 17.7. The van der Waals surface area contributed by atoms with Crippen molar-refractivity contribution in [3.8, 4) is 0 Å². The standard InChI is InChI=1S/C18H27FN2O3/c1-13(11-18(3)23-9-10-24-18)12-20-17(22)21(4)14(2)15-7-5-6-8-16(15)19/h5-8,13-14H,9-12H2,1-4H3,(H,20,22)/t13-,14-/m1/s1. The van der Waals surface area contributed by atoms with E-state index in [0.29, 0.717) is 31.7 Å². The Bertz CT molecular complexity index is 561. The van der Waals surface area contributed by atoms with E-state index < -0.39 is 5.79 Å². The van der Waals surface area contributed by atoms with Crippen LogP contribution in [0.4, 0.5) is 9.18 Å². The van der Waals surface area contributed by atoms with Gasteiger partial charge in [-0.2, -0.15) is 0 Å². The lowest BCUT2D eigenvalue weighted by molar-refractivity contribution is -0.153. The number of urea groups is 1. The van der Waals surface area contributed by atoms with Crippen LogP contribution >= 0.6 is 0 Å². The SMILES string of the molecule is C[C@@H](CNC(=O)N(C)[C@H](C)c1ccccc1F)CC1(C)OCCO1. The first-order chi connectivity index (χ1) is 11.3. The molecule has 0 aliphatic carbocycles. The molecule has 2 amide bonds. The Morgan fingerprint density at radius 2 is 1.96 bits per heavy atom. The summed E-state index contributed by atoms with van der Waals surface area (Å²) in [6, 6.07) is 5.94. The molecular weight excluding hydrogens is 311 g/mol. The number of hydrogen-bond acceptors (Lipinski definition) is 3. The minimum absolute atomic E-state index is 0.203. The van der Waals surface area contributed by atoms with Gasteiger partial charge in [0, 0.05) is 25.6 Å². The highest BCUT2D eigenvalue weighted by Crippen LogP contribution is 2.26. The fourth-order valence-electron chi connectivity index (χ4n) is 2.96. The predicted molar refractivity (Wildman–Crippen MR) is 90.1 cm³/mol. The third kappa shape index (κ3) is 4.68. The smallest absolute Gasteiger partial charge is 0.317 e. The highest BCUT2D eigenvalue weighted by Gasteiger charge is 2.32. The molecule has 134 valence electrons. The molecule has 1 heterocycles. The van der Waals surface area contributed by atoms with Gasteiger partial charge in [-0.05, 0) is 25.8 Å². The maximum atomic E-state index is 13.9. The molecule has 2 atom stereocenters. The van der Waals surface area contributed by atoms with Crippen molar-refractivity contribution < 1.29 is 18.7 Å². The summed E-state index contributed by atoms with van der Waals surface area (Å²) in [5, 5.41) is 2.90. The van der Waals surface area contributed by atoms with Crippen molar-refractivity contribution in [2.24, 2.45) is 5.92 Å². The van der Waals surface area contributed by atoms with Gasteiger partial charge in [0.1, 0.15) is 5.82 Å². The number of carbonyl (C=O) groups is 1. The summed E-state index contributed by atoms with van der Waals surface area (Å²) in [7, 11) is 1.67. The maximum Gasteiger partial charge on any atom is 0.317 e. The number of hydrogen-bond donors (Lipinski definition) is 1. The van der Waals surface area contributed by atoms with Crippen LogP contribution in [0, 0.1) is 11.7 Å². The van der Waals surface area contributed by atoms with Crippen LogP contribution in [-0.2, 0) is 9.47 Å². The molecule has 5 nitrogen and oxygen atoms in total. The third-order valence-corrected chi connectivity index (χ3v) is 4.48. The summed E-state index contributed by atoms with van der Waals surface area (Å²) in [4.78, 5) is 13.8. The normalized spacial score (nSPS) is 18.9. The number of ether oxygens (including phenoxy) is 2. The van der Waals surface area contributed by atoms with E-state index in [1.807, 2.05) is 20.8 Å². The van der Waals surface area contributed by atoms with E-state index in [9.17, 15) is 9.18 Å². The van der Waals surface area contributed by atoms with Crippen LogP contribution in [0.1, 0.15) is 38.8 Å². The highest BCUT2D eigenvalue weighted by molar-refractivity contribution is 5.74. The van der Waals surface area contributed by atoms with Crippen LogP contribution in [-0.4, -0.2) is 43.5 Å². The molecule has 0 bridgehead atoms. The first-order valence-corrected chi connectivity index (χ1v) is 8.35. The zero-order valence-corrected chi connectivity index (χ0v) is 14.8. The molecule has 6 heteroatoms. The van der Waals surface area contributed by atoms with E-state index >= 15 is 0 Å². The van der Waals surface area contributed by atoms with Gasteiger partial charge in [0.2, 0.25) is 0 Å². The van der Waals surface area contributed by atoms with E-state index in [1.54, 1.807) is 25.2 Å². The summed E-state index contributed by atoms with van der Waals surface area (Å²) < 4.78 is 25.0. The Morgan fingerprint density at radius 1 is 1.33 bits per heavy atom. The molecule has 1 N–H and O–H groups in total. The largest absolute Gasteiger partial charge is 0.348 e. The van der Waals surface area contributed by atoms with E-state index in [1.165, 1.54) is 11.0 Å². The number of nitrogens with one attached hydrogen (secondary N) is 1. The van der Waals surface area contributed by atoms with Crippen LogP contribution in [0.5, 0.6) is 0 Å². The Morgan fingerprint density at radius 3 is 2.58 bits per heavy atom. The Balaban J connectivity index is 1.84. The molecule has 0 spiro atoms. The quantitative estimate of drug-likeness (QED) is 0.866. The molecule has 1 aliphatic rings. The summed E-state index contributed by atoms with van der Waals surface area (Å²) in [6.07, 6.45) is 0.708. The summed E-state index contributed by atoms with van der Waals surface area (Å²) in [5.41, 5.74) is 0.503. The first kappa shape index (κ1) is 18.7. The van der Waals surface area contributed by atoms with Gasteiger partial charge >= 0.3 is 6.03 Å². The topological polar surface area (TPSA) is 50.8 Å². The van der Waals surface area contributed by atoms with E-state index in [2.05, 4.69) is 5.32 Å². The molecule has 1 saturated heterocycles. The molecule has 0 saturated carbocycles. The second-order valence-electron chi connectivity index (χ2n) is 6.63. The molecule has 0 radical (unpaired) electrons. The number of benzene rings is 1. The van der Waals surface area contributed by atoms with E-state index in [4.69, 9.17) is 9.47 Å². The average Bonchev–Trinajstić information content (AvgIpc) is 2.97. The van der Waals surface area contributed by atoms with Gasteiger partial charge in [-0.25, -0.2) is 9.18 Å². The second-order valence-corrected chi connectivity index (χ2v) is 6.63. The molecule has 2 rings (SSSR count). The molecule has 24 heavy (non-hydrogen) atoms. The predicted octanol–water partition coefficient (Wildman–Crippen LogP) is 3.32. The number of carbonyl (C=O) groups excluding carboxylic acids is 1. The van der Waals surface area contributed by atoms with Gasteiger partial charge in [0.05, 0.1) is 19.3 Å². The van der Waals surface area contributed by atoms with Gasteiger partial charge in [0.15, 0.2) is 5.79 Å². The van der Waals surface area contributed by atoms with Crippen LogP contribution < -0.4 is 5.32 Å². The molecule has 1 aliphatic heterocycles. The Labute approximate surface area is 143 Å². The fraction of sp³-hybridized carbons (Fsp3) is 0.611. The average molecular weight is 338 g/mol. The van der Waals surface area contributed by atoms with Gasteiger partial charge in [-0.3, -0.25) is 0 Å². The monoisotopic (exact) mass is 338 g/mol. The first-order valence-electron chi connectivity index (χ1n) is 8.35. The van der Waals surface area contributed by atoms with Gasteiger partial charge < -0.3 is 19.7 Å². The van der Waals surface area contributed by atoms with Crippen LogP contribution in [0.3, 0.4) is 0 Å². The highest BCUT2D eigenvalue weighted by atomic mass is 19.1. The molecule has 0 aromatic heterocycles. The number of amides is 2. The molecular formula is C18H27FN2O3. The number of halogens is 1. The second kappa shape index (κ2) is 7.94. The fourth-order valence-corrected chi connectivity index (χ4v) is 2.96. The van der Waals surface area contributed by atoms with E-state index in [0.717, 1.165) is 0 Å². The lowest BCUT2D eigenvalue weighted by Crippen LogP contribution is -2.41. The van der Waals surface area contributed by atoms with Gasteiger partial charge in [-0.15, -0.1) is 0 Å². The minimum Gasteiger partial charge on any atom is -0.348 e. The summed E-state index contributed by atoms with van der Waals surface area (Å²) in [6.45, 7) is 7.50. The van der Waals surface area contributed by atoms with Gasteiger partial charge in [-0.1, -0.05) is 25.1 Å². The van der Waals surface area contributed by atoms with Crippen molar-refractivity contribution in [1.29, 1.82) is 0 Å². The van der Waals surface area contributed by atoms with Crippen molar-refractivity contribution in [1.82, 2.24) is 10.2 Å². The van der Waals surface area contributed by atoms with Crippen LogP contribution in [0.25, 0.3) is 0 Å². The maximum absolute atomic E-state index is 13.9. The van der Waals surface area contributed by atoms with Crippen molar-refractivity contribution >= 4 is 6.03 Å². The lowest BCUT2D eigenvalue weighted by Gasteiger charge is -2.28. The summed E-state index contributed by atoms with van der Waals surface area (Å²) in [5.74, 6) is -0.660. The van der Waals surface area contributed by atoms with E-state index in [-0.39, 0.29) is 23.8 Å². The van der Waals surface area contributed by atoms with Crippen LogP contribution in [0.15, 0.2) is 24.3 Å². The zero-order valence-electron chi connectivity index (χ0n) is 14.8. The van der Waals surface area contributed by atoms with Crippen molar-refractivity contribution in [3.63, 3.8) is 0 Å². The number of nitrogens with zero attached hydrogens (tertiary/aromatic N) is 1. The Kier molecular flexibility index (Phi) is 6.18. The molecule has 1 fully saturated rings. The molecule has 1 aromatic carbocycles. The minimum atomic E-state index is -0.559. The third-order valence-electron chi connectivity index (χ3n) is 4.48. The number of rotatable bonds is 6. The van der Waals surface area contributed by atoms with Crippen molar-refractivity contribution in [2.75, 3.05) is 26.8 Å². The lowest BCUT2D eigenvalue weighted by atomic mass is 10.0. The van der Waals surface area contributed by atoms with Crippen molar-refractivity contribution in [3.05, 3.63) is 35.6 Å². The Hall–Kier alpha value is -1.66. The molecule has 0 unspecified atom stereocenters.